The lowest BCUT2D eigenvalue weighted by Gasteiger charge is -2.09. The molecule has 7 nitrogen and oxygen atoms in total. The van der Waals surface area contributed by atoms with Gasteiger partial charge in [0.25, 0.3) is 0 Å². The van der Waals surface area contributed by atoms with Gasteiger partial charge in [0.05, 0.1) is 18.1 Å². The van der Waals surface area contributed by atoms with Gasteiger partial charge in [0.15, 0.2) is 0 Å². The first-order valence-corrected chi connectivity index (χ1v) is 9.06. The maximum atomic E-state index is 13.1. The first-order valence-electron chi connectivity index (χ1n) is 9.06. The Morgan fingerprint density at radius 3 is 2.59 bits per heavy atom. The minimum absolute atomic E-state index is 0.0870. The molecule has 0 saturated heterocycles. The van der Waals surface area contributed by atoms with E-state index in [1.165, 1.54) is 12.1 Å². The molecule has 1 aromatic carbocycles. The van der Waals surface area contributed by atoms with Crippen LogP contribution in [-0.2, 0) is 24.9 Å². The molecule has 0 unspecified atom stereocenters. The van der Waals surface area contributed by atoms with Crippen molar-refractivity contribution in [3.05, 3.63) is 78.8 Å². The van der Waals surface area contributed by atoms with Crippen LogP contribution in [0.5, 0.6) is 0 Å². The van der Waals surface area contributed by atoms with Crippen LogP contribution < -0.4 is 5.32 Å². The fourth-order valence-corrected chi connectivity index (χ4v) is 3.02. The van der Waals surface area contributed by atoms with E-state index in [-0.39, 0.29) is 18.3 Å². The fraction of sp³-hybridized carbons (Fsp3) is 0.143. The van der Waals surface area contributed by atoms with E-state index in [0.29, 0.717) is 6.54 Å². The Bertz CT molecular complexity index is 1130. The number of hydrogen-bond donors (Lipinski definition) is 1. The van der Waals surface area contributed by atoms with Gasteiger partial charge < -0.3 is 5.32 Å². The van der Waals surface area contributed by atoms with Crippen molar-refractivity contribution in [3.63, 3.8) is 0 Å². The van der Waals surface area contributed by atoms with Crippen molar-refractivity contribution < 1.29 is 9.18 Å². The van der Waals surface area contributed by atoms with Crippen LogP contribution in [0, 0.1) is 5.82 Å². The van der Waals surface area contributed by atoms with Gasteiger partial charge >= 0.3 is 0 Å². The second kappa shape index (κ2) is 8.05. The number of aryl methyl sites for hydroxylation is 1. The maximum Gasteiger partial charge on any atom is 0.241 e. The molecular formula is C21H19FN6O. The standard InChI is InChI=1S/C21H19FN6O/c1-27-12-18(11-25-27)21-16(3-2-8-23-21)9-24-20(29)14-28-13-17(10-26-28)15-4-6-19(22)7-5-15/h2-8,10-13H,9,14H2,1H3,(H,24,29). The normalized spacial score (nSPS) is 10.8. The summed E-state index contributed by atoms with van der Waals surface area (Å²) in [6.45, 7) is 0.437. The zero-order valence-electron chi connectivity index (χ0n) is 15.8. The van der Waals surface area contributed by atoms with Crippen LogP contribution in [0.25, 0.3) is 22.4 Å². The highest BCUT2D eigenvalue weighted by Crippen LogP contribution is 2.20. The van der Waals surface area contributed by atoms with E-state index in [4.69, 9.17) is 0 Å². The molecule has 0 spiro atoms. The van der Waals surface area contributed by atoms with Gasteiger partial charge in [0.2, 0.25) is 5.91 Å². The van der Waals surface area contributed by atoms with Gasteiger partial charge in [-0.3, -0.25) is 19.1 Å². The van der Waals surface area contributed by atoms with E-state index in [0.717, 1.165) is 27.9 Å². The summed E-state index contributed by atoms with van der Waals surface area (Å²) in [4.78, 5) is 16.8. The number of aromatic nitrogens is 5. The van der Waals surface area contributed by atoms with E-state index in [2.05, 4.69) is 20.5 Å². The van der Waals surface area contributed by atoms with Crippen molar-refractivity contribution in [2.75, 3.05) is 0 Å². The number of halogens is 1. The molecule has 0 aliphatic carbocycles. The van der Waals surface area contributed by atoms with Gasteiger partial charge in [-0.25, -0.2) is 4.39 Å². The molecule has 0 aliphatic heterocycles. The summed E-state index contributed by atoms with van der Waals surface area (Å²) >= 11 is 0. The molecule has 29 heavy (non-hydrogen) atoms. The maximum absolute atomic E-state index is 13.1. The summed E-state index contributed by atoms with van der Waals surface area (Å²) in [5.74, 6) is -0.457. The fourth-order valence-electron chi connectivity index (χ4n) is 3.02. The largest absolute Gasteiger partial charge is 0.350 e. The van der Waals surface area contributed by atoms with Gasteiger partial charge in [0.1, 0.15) is 12.4 Å². The molecule has 0 fully saturated rings. The Morgan fingerprint density at radius 1 is 1.03 bits per heavy atom. The Morgan fingerprint density at radius 2 is 1.83 bits per heavy atom. The Hall–Kier alpha value is -3.81. The molecular weight excluding hydrogens is 371 g/mol. The molecule has 1 N–H and O–H groups in total. The molecule has 0 saturated carbocycles. The van der Waals surface area contributed by atoms with Crippen LogP contribution in [-0.4, -0.2) is 30.5 Å². The van der Waals surface area contributed by atoms with Crippen LogP contribution >= 0.6 is 0 Å². The second-order valence-electron chi connectivity index (χ2n) is 6.62. The molecule has 0 aliphatic rings. The van der Waals surface area contributed by atoms with Crippen LogP contribution in [0.3, 0.4) is 0 Å². The summed E-state index contributed by atoms with van der Waals surface area (Å²) in [7, 11) is 1.85. The Labute approximate surface area is 166 Å². The van der Waals surface area contributed by atoms with E-state index >= 15 is 0 Å². The number of pyridine rings is 1. The number of nitrogens with zero attached hydrogens (tertiary/aromatic N) is 5. The smallest absolute Gasteiger partial charge is 0.241 e. The molecule has 1 amide bonds. The number of carbonyl (C=O) groups excluding carboxylic acids is 1. The molecule has 4 aromatic rings. The molecule has 0 atom stereocenters. The van der Waals surface area contributed by atoms with Gasteiger partial charge in [0, 0.05) is 43.3 Å². The number of rotatable bonds is 6. The van der Waals surface area contributed by atoms with Crippen molar-refractivity contribution >= 4 is 5.91 Å². The summed E-state index contributed by atoms with van der Waals surface area (Å²) < 4.78 is 16.3. The lowest BCUT2D eigenvalue weighted by Crippen LogP contribution is -2.27. The van der Waals surface area contributed by atoms with Gasteiger partial charge in [-0.15, -0.1) is 0 Å². The SMILES string of the molecule is Cn1cc(-c2ncccc2CNC(=O)Cn2cc(-c3ccc(F)cc3)cn2)cn1. The minimum Gasteiger partial charge on any atom is -0.350 e. The first-order chi connectivity index (χ1) is 14.1. The number of carbonyl (C=O) groups is 1. The topological polar surface area (TPSA) is 77.6 Å². The summed E-state index contributed by atoms with van der Waals surface area (Å²) in [5.41, 5.74) is 4.26. The van der Waals surface area contributed by atoms with Crippen molar-refractivity contribution in [1.29, 1.82) is 0 Å². The average Bonchev–Trinajstić information content (AvgIpc) is 3.36. The third kappa shape index (κ3) is 4.37. The van der Waals surface area contributed by atoms with Crippen LogP contribution in [0.2, 0.25) is 0 Å². The number of amides is 1. The summed E-state index contributed by atoms with van der Waals surface area (Å²) in [5, 5.41) is 11.3. The number of benzene rings is 1. The zero-order valence-corrected chi connectivity index (χ0v) is 15.8. The molecule has 3 aromatic heterocycles. The van der Waals surface area contributed by atoms with E-state index in [1.807, 2.05) is 25.4 Å². The zero-order chi connectivity index (χ0) is 20.2. The molecule has 8 heteroatoms. The molecule has 146 valence electrons. The van der Waals surface area contributed by atoms with Crippen molar-refractivity contribution in [1.82, 2.24) is 29.9 Å². The Balaban J connectivity index is 1.40. The van der Waals surface area contributed by atoms with Gasteiger partial charge in [-0.2, -0.15) is 10.2 Å². The Kier molecular flexibility index (Phi) is 5.15. The van der Waals surface area contributed by atoms with E-state index in [1.54, 1.807) is 46.3 Å². The first kappa shape index (κ1) is 18.5. The van der Waals surface area contributed by atoms with Crippen molar-refractivity contribution in [2.24, 2.45) is 7.05 Å². The summed E-state index contributed by atoms with van der Waals surface area (Å²) in [6, 6.07) is 9.92. The third-order valence-corrected chi connectivity index (χ3v) is 4.46. The highest BCUT2D eigenvalue weighted by atomic mass is 19.1. The molecule has 4 rings (SSSR count). The van der Waals surface area contributed by atoms with E-state index in [9.17, 15) is 9.18 Å². The lowest BCUT2D eigenvalue weighted by atomic mass is 10.1. The minimum atomic E-state index is -0.290. The highest BCUT2D eigenvalue weighted by molar-refractivity contribution is 5.76. The predicted octanol–water partition coefficient (Wildman–Crippen LogP) is 2.80. The number of nitrogens with one attached hydrogen (secondary N) is 1. The van der Waals surface area contributed by atoms with E-state index < -0.39 is 0 Å². The second-order valence-corrected chi connectivity index (χ2v) is 6.62. The monoisotopic (exact) mass is 390 g/mol. The van der Waals surface area contributed by atoms with Crippen LogP contribution in [0.4, 0.5) is 4.39 Å². The lowest BCUT2D eigenvalue weighted by molar-refractivity contribution is -0.122. The van der Waals surface area contributed by atoms with Gasteiger partial charge in [-0.1, -0.05) is 18.2 Å². The summed E-state index contributed by atoms with van der Waals surface area (Å²) in [6.07, 6.45) is 8.76. The third-order valence-electron chi connectivity index (χ3n) is 4.46. The van der Waals surface area contributed by atoms with Crippen LogP contribution in [0.1, 0.15) is 5.56 Å². The average molecular weight is 390 g/mol. The van der Waals surface area contributed by atoms with Crippen molar-refractivity contribution in [3.8, 4) is 22.4 Å². The molecule has 0 radical (unpaired) electrons. The number of hydrogen-bond acceptors (Lipinski definition) is 4. The molecule has 3 heterocycles. The molecule has 0 bridgehead atoms. The highest BCUT2D eigenvalue weighted by Gasteiger charge is 2.11. The van der Waals surface area contributed by atoms with Gasteiger partial charge in [-0.05, 0) is 29.3 Å². The van der Waals surface area contributed by atoms with Crippen molar-refractivity contribution in [2.45, 2.75) is 13.1 Å². The van der Waals surface area contributed by atoms with Crippen LogP contribution in [0.15, 0.2) is 67.4 Å². The predicted molar refractivity (Wildman–Crippen MR) is 106 cm³/mol. The quantitative estimate of drug-likeness (QED) is 0.549.